The molecule has 0 N–H and O–H groups in total. The van der Waals surface area contributed by atoms with Crippen molar-refractivity contribution in [3.63, 3.8) is 0 Å². The SMILES string of the molecule is CCc1ccc(CC2=CCC(C)CC2)cc1. The number of aryl methyl sites for hydroxylation is 1. The van der Waals surface area contributed by atoms with Crippen LogP contribution in [0.4, 0.5) is 0 Å². The van der Waals surface area contributed by atoms with Crippen LogP contribution in [-0.4, -0.2) is 0 Å². The predicted octanol–water partition coefficient (Wildman–Crippen LogP) is 4.54. The Balaban J connectivity index is 1.98. The van der Waals surface area contributed by atoms with E-state index in [4.69, 9.17) is 0 Å². The minimum absolute atomic E-state index is 0.895. The maximum absolute atomic E-state index is 2.46. The van der Waals surface area contributed by atoms with Crippen molar-refractivity contribution in [2.75, 3.05) is 0 Å². The van der Waals surface area contributed by atoms with Crippen LogP contribution in [0, 0.1) is 5.92 Å². The number of hydrogen-bond donors (Lipinski definition) is 0. The van der Waals surface area contributed by atoms with Crippen LogP contribution in [0.3, 0.4) is 0 Å². The highest BCUT2D eigenvalue weighted by Gasteiger charge is 2.10. The summed E-state index contributed by atoms with van der Waals surface area (Å²) in [5.74, 6) is 0.895. The predicted molar refractivity (Wildman–Crippen MR) is 70.6 cm³/mol. The smallest absolute Gasteiger partial charge is 0.00671 e. The minimum atomic E-state index is 0.895. The van der Waals surface area contributed by atoms with Gasteiger partial charge in [0.05, 0.1) is 0 Å². The Kier molecular flexibility index (Phi) is 3.82. The van der Waals surface area contributed by atoms with Gasteiger partial charge in [0.2, 0.25) is 0 Å². The van der Waals surface area contributed by atoms with Crippen LogP contribution >= 0.6 is 0 Å². The molecule has 0 saturated carbocycles. The fourth-order valence-corrected chi connectivity index (χ4v) is 2.34. The standard InChI is InChI=1S/C16H22/c1-3-14-8-10-16(11-9-14)12-15-6-4-13(2)5-7-15/h6,8-11,13H,3-5,7,12H2,1-2H3. The van der Waals surface area contributed by atoms with E-state index in [1.165, 1.54) is 30.4 Å². The van der Waals surface area contributed by atoms with E-state index in [0.29, 0.717) is 0 Å². The molecular formula is C16H22. The molecule has 1 aromatic rings. The summed E-state index contributed by atoms with van der Waals surface area (Å²) in [6.45, 7) is 4.56. The summed E-state index contributed by atoms with van der Waals surface area (Å²) in [5, 5.41) is 0. The van der Waals surface area contributed by atoms with Crippen molar-refractivity contribution in [1.29, 1.82) is 0 Å². The Labute approximate surface area is 99.4 Å². The lowest BCUT2D eigenvalue weighted by Crippen LogP contribution is -2.03. The molecule has 0 bridgehead atoms. The second-order valence-electron chi connectivity index (χ2n) is 5.09. The van der Waals surface area contributed by atoms with Crippen LogP contribution in [0.5, 0.6) is 0 Å². The lowest BCUT2D eigenvalue weighted by molar-refractivity contribution is 0.509. The summed E-state index contributed by atoms with van der Waals surface area (Å²) in [5.41, 5.74) is 4.55. The number of benzene rings is 1. The first-order valence-corrected chi connectivity index (χ1v) is 6.53. The lowest BCUT2D eigenvalue weighted by atomic mass is 9.88. The molecule has 0 fully saturated rings. The molecule has 1 unspecified atom stereocenters. The molecule has 0 aromatic heterocycles. The van der Waals surface area contributed by atoms with Gasteiger partial charge in [-0.1, -0.05) is 49.8 Å². The number of allylic oxidation sites excluding steroid dienone is 2. The van der Waals surface area contributed by atoms with Gasteiger partial charge in [-0.3, -0.25) is 0 Å². The topological polar surface area (TPSA) is 0 Å². The van der Waals surface area contributed by atoms with E-state index >= 15 is 0 Å². The van der Waals surface area contributed by atoms with E-state index < -0.39 is 0 Å². The Hall–Kier alpha value is -1.04. The molecule has 0 saturated heterocycles. The number of rotatable bonds is 3. The van der Waals surface area contributed by atoms with Crippen molar-refractivity contribution in [1.82, 2.24) is 0 Å². The number of hydrogen-bond acceptors (Lipinski definition) is 0. The average Bonchev–Trinajstić information content (AvgIpc) is 2.33. The molecule has 0 heteroatoms. The minimum Gasteiger partial charge on any atom is -0.0847 e. The molecular weight excluding hydrogens is 192 g/mol. The van der Waals surface area contributed by atoms with Crippen molar-refractivity contribution >= 4 is 0 Å². The zero-order chi connectivity index (χ0) is 11.4. The van der Waals surface area contributed by atoms with Crippen molar-refractivity contribution in [2.45, 2.75) is 46.0 Å². The van der Waals surface area contributed by atoms with Gasteiger partial charge in [-0.05, 0) is 49.1 Å². The molecule has 0 aliphatic heterocycles. The molecule has 0 heterocycles. The first kappa shape index (κ1) is 11.4. The Morgan fingerprint density at radius 1 is 1.12 bits per heavy atom. The van der Waals surface area contributed by atoms with Gasteiger partial charge in [-0.25, -0.2) is 0 Å². The maximum Gasteiger partial charge on any atom is -0.00671 e. The second kappa shape index (κ2) is 5.34. The second-order valence-corrected chi connectivity index (χ2v) is 5.09. The van der Waals surface area contributed by atoms with Crippen LogP contribution in [0.15, 0.2) is 35.9 Å². The lowest BCUT2D eigenvalue weighted by Gasteiger charge is -2.18. The molecule has 86 valence electrons. The van der Waals surface area contributed by atoms with Crippen LogP contribution in [0.1, 0.15) is 44.2 Å². The van der Waals surface area contributed by atoms with Gasteiger partial charge in [0.25, 0.3) is 0 Å². The summed E-state index contributed by atoms with van der Waals surface area (Å²) in [6, 6.07) is 9.11. The molecule has 0 amide bonds. The van der Waals surface area contributed by atoms with Crippen molar-refractivity contribution in [2.24, 2.45) is 5.92 Å². The molecule has 16 heavy (non-hydrogen) atoms. The summed E-state index contributed by atoms with van der Waals surface area (Å²) >= 11 is 0. The summed E-state index contributed by atoms with van der Waals surface area (Å²) in [7, 11) is 0. The fourth-order valence-electron chi connectivity index (χ4n) is 2.34. The van der Waals surface area contributed by atoms with Crippen LogP contribution in [0.25, 0.3) is 0 Å². The highest BCUT2D eigenvalue weighted by molar-refractivity contribution is 5.27. The Morgan fingerprint density at radius 3 is 2.38 bits per heavy atom. The molecule has 1 aliphatic carbocycles. The van der Waals surface area contributed by atoms with Crippen LogP contribution in [-0.2, 0) is 12.8 Å². The first-order chi connectivity index (χ1) is 7.78. The van der Waals surface area contributed by atoms with E-state index in [1.807, 2.05) is 0 Å². The highest BCUT2D eigenvalue weighted by Crippen LogP contribution is 2.25. The fraction of sp³-hybridized carbons (Fsp3) is 0.500. The van der Waals surface area contributed by atoms with E-state index in [9.17, 15) is 0 Å². The van der Waals surface area contributed by atoms with Crippen LogP contribution in [0.2, 0.25) is 0 Å². The summed E-state index contributed by atoms with van der Waals surface area (Å²) < 4.78 is 0. The van der Waals surface area contributed by atoms with E-state index in [-0.39, 0.29) is 0 Å². The Bertz CT molecular complexity index is 356. The van der Waals surface area contributed by atoms with Crippen molar-refractivity contribution in [3.05, 3.63) is 47.0 Å². The van der Waals surface area contributed by atoms with Crippen molar-refractivity contribution < 1.29 is 0 Å². The van der Waals surface area contributed by atoms with Gasteiger partial charge in [0.1, 0.15) is 0 Å². The van der Waals surface area contributed by atoms with Crippen LogP contribution < -0.4 is 0 Å². The highest BCUT2D eigenvalue weighted by atomic mass is 14.2. The monoisotopic (exact) mass is 214 g/mol. The van der Waals surface area contributed by atoms with Gasteiger partial charge < -0.3 is 0 Å². The zero-order valence-electron chi connectivity index (χ0n) is 10.5. The van der Waals surface area contributed by atoms with E-state index in [2.05, 4.69) is 44.2 Å². The summed E-state index contributed by atoms with van der Waals surface area (Å²) in [4.78, 5) is 0. The average molecular weight is 214 g/mol. The third-order valence-electron chi connectivity index (χ3n) is 3.63. The molecule has 1 aromatic carbocycles. The van der Waals surface area contributed by atoms with E-state index in [0.717, 1.165) is 18.8 Å². The molecule has 0 radical (unpaired) electrons. The van der Waals surface area contributed by atoms with Gasteiger partial charge in [-0.15, -0.1) is 0 Å². The largest absolute Gasteiger partial charge is 0.0847 e. The van der Waals surface area contributed by atoms with Gasteiger partial charge in [0.15, 0.2) is 0 Å². The summed E-state index contributed by atoms with van der Waals surface area (Å²) in [6.07, 6.45) is 8.72. The molecule has 0 nitrogen and oxygen atoms in total. The molecule has 1 atom stereocenters. The van der Waals surface area contributed by atoms with Gasteiger partial charge >= 0.3 is 0 Å². The molecule has 0 spiro atoms. The maximum atomic E-state index is 2.46. The van der Waals surface area contributed by atoms with Gasteiger partial charge in [-0.2, -0.15) is 0 Å². The molecule has 1 aliphatic rings. The van der Waals surface area contributed by atoms with Gasteiger partial charge in [0, 0.05) is 0 Å². The van der Waals surface area contributed by atoms with Crippen molar-refractivity contribution in [3.8, 4) is 0 Å². The van der Waals surface area contributed by atoms with E-state index in [1.54, 1.807) is 5.57 Å². The first-order valence-electron chi connectivity index (χ1n) is 6.53. The normalized spacial score (nSPS) is 20.6. The third kappa shape index (κ3) is 2.98. The third-order valence-corrected chi connectivity index (χ3v) is 3.63. The zero-order valence-corrected chi connectivity index (χ0v) is 10.5. The quantitative estimate of drug-likeness (QED) is 0.648. The Morgan fingerprint density at radius 2 is 1.81 bits per heavy atom. The molecule has 2 rings (SSSR count).